The molecule has 0 aromatic heterocycles. The second-order valence-corrected chi connectivity index (χ2v) is 11.6. The fourth-order valence-electron chi connectivity index (χ4n) is 4.63. The number of primary amides is 1. The Morgan fingerprint density at radius 3 is 1.83 bits per heavy atom. The van der Waals surface area contributed by atoms with E-state index in [0.717, 1.165) is 0 Å². The predicted octanol–water partition coefficient (Wildman–Crippen LogP) is -0.507. The van der Waals surface area contributed by atoms with Crippen molar-refractivity contribution in [2.45, 2.75) is 70.1 Å². The Morgan fingerprint density at radius 1 is 0.745 bits per heavy atom. The number of carbonyl (C=O) groups is 4. The summed E-state index contributed by atoms with van der Waals surface area (Å²) < 4.78 is 13.3. The van der Waals surface area contributed by atoms with Crippen molar-refractivity contribution in [3.8, 4) is 0 Å². The van der Waals surface area contributed by atoms with E-state index < -0.39 is 53.6 Å². The molecule has 2 aromatic carbocycles. The molecule has 0 heterocycles. The fourth-order valence-corrected chi connectivity index (χ4v) is 4.63. The van der Waals surface area contributed by atoms with Crippen LogP contribution in [0.25, 0.3) is 0 Å². The number of hydrogen-bond donors (Lipinski definition) is 11. The van der Waals surface area contributed by atoms with Gasteiger partial charge in [-0.1, -0.05) is 38.1 Å². The first-order chi connectivity index (χ1) is 22.1. The van der Waals surface area contributed by atoms with Gasteiger partial charge in [0.05, 0.1) is 6.04 Å². The molecule has 0 bridgehead atoms. The molecule has 2 rings (SSSR count). The third-order valence-corrected chi connectivity index (χ3v) is 7.00. The van der Waals surface area contributed by atoms with E-state index in [-0.39, 0.29) is 50.1 Å². The number of hydrogen-bond acceptors (Lipinski definition) is 7. The van der Waals surface area contributed by atoms with Gasteiger partial charge in [0, 0.05) is 18.7 Å². The highest BCUT2D eigenvalue weighted by Gasteiger charge is 2.30. The summed E-state index contributed by atoms with van der Waals surface area (Å²) in [6.45, 7) is 4.00. The molecule has 0 aliphatic heterocycles. The van der Waals surface area contributed by atoms with Crippen LogP contribution in [0.1, 0.15) is 44.2 Å². The fraction of sp³-hybridized carbons (Fsp3) is 0.419. The molecule has 0 spiro atoms. The zero-order valence-corrected chi connectivity index (χ0v) is 26.6. The second kappa shape index (κ2) is 18.7. The summed E-state index contributed by atoms with van der Waals surface area (Å²) in [4.78, 5) is 52.4. The number of amides is 4. The van der Waals surface area contributed by atoms with Gasteiger partial charge < -0.3 is 49.5 Å². The first-order valence-electron chi connectivity index (χ1n) is 15.1. The van der Waals surface area contributed by atoms with Gasteiger partial charge in [0.2, 0.25) is 23.6 Å². The molecule has 0 fully saturated rings. The molecule has 15 nitrogen and oxygen atoms in total. The largest absolute Gasteiger partial charge is 0.370 e. The van der Waals surface area contributed by atoms with Crippen molar-refractivity contribution in [3.63, 3.8) is 0 Å². The first-order valence-corrected chi connectivity index (χ1v) is 15.1. The van der Waals surface area contributed by atoms with Crippen LogP contribution >= 0.6 is 0 Å². The van der Waals surface area contributed by atoms with E-state index in [1.54, 1.807) is 24.3 Å². The highest BCUT2D eigenvalue weighted by Crippen LogP contribution is 2.13. The third kappa shape index (κ3) is 14.2. The summed E-state index contributed by atoms with van der Waals surface area (Å²) in [5, 5.41) is 27.9. The summed E-state index contributed by atoms with van der Waals surface area (Å²) in [6.07, 6.45) is 0.862. The smallest absolute Gasteiger partial charge is 0.243 e. The van der Waals surface area contributed by atoms with Crippen molar-refractivity contribution < 1.29 is 23.6 Å². The number of halogens is 1. The predicted molar refractivity (Wildman–Crippen MR) is 177 cm³/mol. The van der Waals surface area contributed by atoms with E-state index in [9.17, 15) is 23.6 Å². The van der Waals surface area contributed by atoms with E-state index >= 15 is 0 Å². The molecule has 4 atom stereocenters. The van der Waals surface area contributed by atoms with Crippen LogP contribution in [0.2, 0.25) is 0 Å². The Morgan fingerprint density at radius 2 is 1.28 bits per heavy atom. The molecule has 0 aliphatic rings. The minimum absolute atomic E-state index is 0.0181. The number of nitrogens with two attached hydrogens (primary N) is 4. The van der Waals surface area contributed by atoms with Crippen LogP contribution in [0.4, 0.5) is 10.1 Å². The summed E-state index contributed by atoms with van der Waals surface area (Å²) in [5.41, 5.74) is 24.1. The van der Waals surface area contributed by atoms with Gasteiger partial charge in [-0.05, 0) is 67.0 Å². The van der Waals surface area contributed by atoms with Crippen LogP contribution in [0.3, 0.4) is 0 Å². The SMILES string of the molecule is CC(C)C[C@H](NC(=O)[C@H](Cc1ccc(NC(=N)N)cc1)NC(=O)[C@@H](N)Cc1ccc(F)cc1)C(=O)N[C@@H](CCCNC(=N)N)C(N)=O. The van der Waals surface area contributed by atoms with Crippen molar-refractivity contribution in [1.29, 1.82) is 10.8 Å². The lowest BCUT2D eigenvalue weighted by molar-refractivity contribution is -0.133. The maximum absolute atomic E-state index is 13.7. The number of anilines is 1. The lowest BCUT2D eigenvalue weighted by Gasteiger charge is -2.26. The Kier molecular flexibility index (Phi) is 15.1. The normalized spacial score (nSPS) is 13.4. The van der Waals surface area contributed by atoms with Gasteiger partial charge in [-0.2, -0.15) is 0 Å². The lowest BCUT2D eigenvalue weighted by Crippen LogP contribution is -2.58. The molecule has 15 N–H and O–H groups in total. The average molecular weight is 656 g/mol. The summed E-state index contributed by atoms with van der Waals surface area (Å²) in [6, 6.07) is 7.87. The van der Waals surface area contributed by atoms with Gasteiger partial charge in [-0.25, -0.2) is 4.39 Å². The van der Waals surface area contributed by atoms with Crippen molar-refractivity contribution in [1.82, 2.24) is 21.3 Å². The Balaban J connectivity index is 2.25. The van der Waals surface area contributed by atoms with Gasteiger partial charge in [-0.3, -0.25) is 30.0 Å². The summed E-state index contributed by atoms with van der Waals surface area (Å²) in [7, 11) is 0. The van der Waals surface area contributed by atoms with Crippen LogP contribution in [0, 0.1) is 22.6 Å². The molecule has 0 saturated carbocycles. The molecule has 16 heteroatoms. The van der Waals surface area contributed by atoms with Gasteiger partial charge >= 0.3 is 0 Å². The zero-order valence-electron chi connectivity index (χ0n) is 26.6. The minimum atomic E-state index is -1.17. The maximum Gasteiger partial charge on any atom is 0.243 e. The van der Waals surface area contributed by atoms with E-state index in [4.69, 9.17) is 33.8 Å². The molecule has 256 valence electrons. The van der Waals surface area contributed by atoms with Crippen LogP contribution in [-0.4, -0.2) is 66.3 Å². The molecule has 0 aliphatic carbocycles. The molecule has 0 unspecified atom stereocenters. The van der Waals surface area contributed by atoms with Crippen LogP contribution < -0.4 is 49.5 Å². The van der Waals surface area contributed by atoms with E-state index in [2.05, 4.69) is 26.6 Å². The molecule has 47 heavy (non-hydrogen) atoms. The standard InChI is InChI=1S/C31H46FN11O4/c1-17(2)14-24(28(46)41-23(26(34)44)4-3-13-39-30(35)36)43-29(47)25(16-19-7-11-21(12-8-19)40-31(37)38)42-27(45)22(33)15-18-5-9-20(32)10-6-18/h5-12,17,22-25H,3-4,13-16,33H2,1-2H3,(H2,34,44)(H,41,46)(H,42,45)(H,43,47)(H4,35,36,39)(H4,37,38,40)/t22-,23-,24-,25-/m0/s1. The van der Waals surface area contributed by atoms with Crippen LogP contribution in [-0.2, 0) is 32.0 Å². The minimum Gasteiger partial charge on any atom is -0.370 e. The molecule has 4 amide bonds. The van der Waals surface area contributed by atoms with Crippen molar-refractivity contribution in [2.75, 3.05) is 11.9 Å². The quantitative estimate of drug-likeness (QED) is 0.0560. The third-order valence-electron chi connectivity index (χ3n) is 7.00. The summed E-state index contributed by atoms with van der Waals surface area (Å²) >= 11 is 0. The molecule has 0 saturated heterocycles. The van der Waals surface area contributed by atoms with Gasteiger partial charge in [0.15, 0.2) is 11.9 Å². The van der Waals surface area contributed by atoms with Crippen molar-refractivity contribution in [3.05, 3.63) is 65.5 Å². The number of guanidine groups is 2. The second-order valence-electron chi connectivity index (χ2n) is 11.6. The van der Waals surface area contributed by atoms with Crippen LogP contribution in [0.5, 0.6) is 0 Å². The van der Waals surface area contributed by atoms with Crippen LogP contribution in [0.15, 0.2) is 48.5 Å². The average Bonchev–Trinajstić information content (AvgIpc) is 2.99. The first kappa shape index (κ1) is 37.9. The molecular weight excluding hydrogens is 609 g/mol. The lowest BCUT2D eigenvalue weighted by atomic mass is 9.99. The van der Waals surface area contributed by atoms with Gasteiger partial charge in [-0.15, -0.1) is 0 Å². The topological polar surface area (TPSA) is 280 Å². The number of benzene rings is 2. The van der Waals surface area contributed by atoms with Gasteiger partial charge in [0.25, 0.3) is 0 Å². The molecule has 0 radical (unpaired) electrons. The Labute approximate surface area is 273 Å². The Hall–Kier alpha value is -5.25. The van der Waals surface area contributed by atoms with E-state index in [1.807, 2.05) is 13.8 Å². The number of rotatable bonds is 18. The maximum atomic E-state index is 13.7. The molecular formula is C31H46FN11O4. The zero-order chi connectivity index (χ0) is 35.1. The number of nitrogens with one attached hydrogen (secondary N) is 7. The van der Waals surface area contributed by atoms with Gasteiger partial charge in [0.1, 0.15) is 23.9 Å². The van der Waals surface area contributed by atoms with Crippen molar-refractivity contribution in [2.24, 2.45) is 28.9 Å². The van der Waals surface area contributed by atoms with E-state index in [1.165, 1.54) is 24.3 Å². The van der Waals surface area contributed by atoms with E-state index in [0.29, 0.717) is 23.2 Å². The van der Waals surface area contributed by atoms with Crippen molar-refractivity contribution >= 4 is 41.2 Å². The Bertz CT molecular complexity index is 1390. The highest BCUT2D eigenvalue weighted by molar-refractivity contribution is 5.95. The monoisotopic (exact) mass is 655 g/mol. The summed E-state index contributed by atoms with van der Waals surface area (Å²) in [5.74, 6) is -3.66. The number of carbonyl (C=O) groups excluding carboxylic acids is 4. The molecule has 2 aromatic rings. The highest BCUT2D eigenvalue weighted by atomic mass is 19.1.